The van der Waals surface area contributed by atoms with Crippen molar-refractivity contribution in [2.45, 2.75) is 13.8 Å². The van der Waals surface area contributed by atoms with E-state index in [0.29, 0.717) is 11.4 Å². The van der Waals surface area contributed by atoms with Gasteiger partial charge in [-0.25, -0.2) is 4.79 Å². The molecule has 18 heavy (non-hydrogen) atoms. The zero-order valence-corrected chi connectivity index (χ0v) is 11.3. The molecule has 0 bridgehead atoms. The van der Waals surface area contributed by atoms with Crippen molar-refractivity contribution in [3.63, 3.8) is 0 Å². The van der Waals surface area contributed by atoms with Gasteiger partial charge in [0.1, 0.15) is 4.99 Å². The molecule has 7 heteroatoms. The number of amides is 2. The summed E-state index contributed by atoms with van der Waals surface area (Å²) in [7, 11) is 1.76. The SMILES string of the molecule is CCOC(=O)NC(=S)c1c(NC(C)=O)ccn1C. The Bertz CT molecular complexity index is 482. The molecule has 0 saturated carbocycles. The first-order valence-electron chi connectivity index (χ1n) is 5.36. The lowest BCUT2D eigenvalue weighted by molar-refractivity contribution is -0.114. The fraction of sp³-hybridized carbons (Fsp3) is 0.364. The molecule has 1 heterocycles. The number of nitrogens with zero attached hydrogens (tertiary/aromatic N) is 1. The minimum atomic E-state index is -0.613. The molecule has 2 amide bonds. The quantitative estimate of drug-likeness (QED) is 0.814. The minimum Gasteiger partial charge on any atom is -0.450 e. The molecule has 0 fully saturated rings. The number of rotatable bonds is 3. The Morgan fingerprint density at radius 1 is 1.50 bits per heavy atom. The van der Waals surface area contributed by atoms with Gasteiger partial charge in [0.2, 0.25) is 5.91 Å². The van der Waals surface area contributed by atoms with Crippen LogP contribution in [0.15, 0.2) is 12.3 Å². The minimum absolute atomic E-state index is 0.199. The van der Waals surface area contributed by atoms with Gasteiger partial charge in [0, 0.05) is 20.2 Å². The number of ether oxygens (including phenoxy) is 1. The van der Waals surface area contributed by atoms with Crippen LogP contribution >= 0.6 is 12.2 Å². The number of alkyl carbamates (subject to hydrolysis) is 1. The summed E-state index contributed by atoms with van der Waals surface area (Å²) in [5, 5.41) is 5.08. The molecule has 0 unspecified atom stereocenters. The van der Waals surface area contributed by atoms with Crippen LogP contribution in [0.1, 0.15) is 19.5 Å². The summed E-state index contributed by atoms with van der Waals surface area (Å²) in [5.74, 6) is -0.207. The van der Waals surface area contributed by atoms with Gasteiger partial charge in [-0.3, -0.25) is 10.1 Å². The van der Waals surface area contributed by atoms with Crippen LogP contribution in [0.4, 0.5) is 10.5 Å². The molecule has 0 aliphatic carbocycles. The van der Waals surface area contributed by atoms with Crippen LogP contribution < -0.4 is 10.6 Å². The van der Waals surface area contributed by atoms with E-state index in [1.54, 1.807) is 30.8 Å². The number of aryl methyl sites for hydroxylation is 1. The molecule has 0 radical (unpaired) electrons. The van der Waals surface area contributed by atoms with Crippen molar-refractivity contribution in [3.05, 3.63) is 18.0 Å². The lowest BCUT2D eigenvalue weighted by Gasteiger charge is -2.10. The number of aromatic nitrogens is 1. The Labute approximate surface area is 110 Å². The Balaban J connectivity index is 2.87. The van der Waals surface area contributed by atoms with E-state index in [-0.39, 0.29) is 17.5 Å². The molecule has 1 aromatic rings. The van der Waals surface area contributed by atoms with Crippen LogP contribution in [-0.4, -0.2) is 28.2 Å². The molecular weight excluding hydrogens is 254 g/mol. The average molecular weight is 269 g/mol. The van der Waals surface area contributed by atoms with Crippen LogP contribution in [0, 0.1) is 0 Å². The third kappa shape index (κ3) is 3.56. The first-order valence-corrected chi connectivity index (χ1v) is 5.77. The maximum Gasteiger partial charge on any atom is 0.412 e. The molecule has 0 saturated heterocycles. The highest BCUT2D eigenvalue weighted by molar-refractivity contribution is 7.80. The first-order chi connectivity index (χ1) is 8.45. The maximum atomic E-state index is 11.3. The van der Waals surface area contributed by atoms with Gasteiger partial charge in [-0.2, -0.15) is 0 Å². The zero-order chi connectivity index (χ0) is 13.7. The smallest absolute Gasteiger partial charge is 0.412 e. The third-order valence-corrected chi connectivity index (χ3v) is 2.38. The van der Waals surface area contributed by atoms with E-state index in [4.69, 9.17) is 17.0 Å². The molecular formula is C11H15N3O3S. The number of hydrogen-bond donors (Lipinski definition) is 2. The van der Waals surface area contributed by atoms with Crippen LogP contribution in [0.2, 0.25) is 0 Å². The molecule has 98 valence electrons. The summed E-state index contributed by atoms with van der Waals surface area (Å²) in [5.41, 5.74) is 1.10. The fourth-order valence-electron chi connectivity index (χ4n) is 1.42. The highest BCUT2D eigenvalue weighted by atomic mass is 32.1. The van der Waals surface area contributed by atoms with Gasteiger partial charge in [-0.1, -0.05) is 12.2 Å². The molecule has 1 aromatic heterocycles. The van der Waals surface area contributed by atoms with Gasteiger partial charge < -0.3 is 14.6 Å². The van der Waals surface area contributed by atoms with E-state index >= 15 is 0 Å². The molecule has 0 atom stereocenters. The van der Waals surface area contributed by atoms with Gasteiger partial charge in [0.05, 0.1) is 18.0 Å². The highest BCUT2D eigenvalue weighted by Crippen LogP contribution is 2.16. The lowest BCUT2D eigenvalue weighted by atomic mass is 10.3. The van der Waals surface area contributed by atoms with Crippen molar-refractivity contribution in [1.82, 2.24) is 9.88 Å². The van der Waals surface area contributed by atoms with Gasteiger partial charge >= 0.3 is 6.09 Å². The zero-order valence-electron chi connectivity index (χ0n) is 10.4. The monoisotopic (exact) mass is 269 g/mol. The van der Waals surface area contributed by atoms with Crippen molar-refractivity contribution in [3.8, 4) is 0 Å². The summed E-state index contributed by atoms with van der Waals surface area (Å²) >= 11 is 5.11. The van der Waals surface area contributed by atoms with Crippen LogP contribution in [-0.2, 0) is 16.6 Å². The first kappa shape index (κ1) is 14.2. The normalized spacial score (nSPS) is 9.72. The number of nitrogens with one attached hydrogen (secondary N) is 2. The molecule has 6 nitrogen and oxygen atoms in total. The second kappa shape index (κ2) is 6.15. The van der Waals surface area contributed by atoms with Crippen molar-refractivity contribution in [1.29, 1.82) is 0 Å². The molecule has 0 aromatic carbocycles. The second-order valence-electron chi connectivity index (χ2n) is 3.54. The summed E-state index contributed by atoms with van der Waals surface area (Å²) in [6.07, 6.45) is 1.12. The standard InChI is InChI=1S/C11H15N3O3S/c1-4-17-11(16)13-10(18)9-8(12-7(2)15)5-6-14(9)3/h5-6H,4H2,1-3H3,(H,12,15)(H,13,16,18). The van der Waals surface area contributed by atoms with Gasteiger partial charge in [-0.15, -0.1) is 0 Å². The summed E-state index contributed by atoms with van der Waals surface area (Å²) in [6, 6.07) is 1.70. The van der Waals surface area contributed by atoms with E-state index < -0.39 is 6.09 Å². The summed E-state index contributed by atoms with van der Waals surface area (Å²) in [6.45, 7) is 3.37. The lowest BCUT2D eigenvalue weighted by Crippen LogP contribution is -2.32. The Hall–Kier alpha value is -1.89. The van der Waals surface area contributed by atoms with Crippen LogP contribution in [0.5, 0.6) is 0 Å². The highest BCUT2D eigenvalue weighted by Gasteiger charge is 2.15. The van der Waals surface area contributed by atoms with E-state index in [1.807, 2.05) is 0 Å². The third-order valence-electron chi connectivity index (χ3n) is 2.09. The fourth-order valence-corrected chi connectivity index (χ4v) is 1.76. The average Bonchev–Trinajstić information content (AvgIpc) is 2.58. The van der Waals surface area contributed by atoms with Crippen molar-refractivity contribution in [2.75, 3.05) is 11.9 Å². The number of thiocarbonyl (C=S) groups is 1. The van der Waals surface area contributed by atoms with E-state index in [9.17, 15) is 9.59 Å². The predicted octanol–water partition coefficient (Wildman–Crippen LogP) is 1.41. The van der Waals surface area contributed by atoms with Gasteiger partial charge in [0.25, 0.3) is 0 Å². The second-order valence-corrected chi connectivity index (χ2v) is 3.95. The van der Waals surface area contributed by atoms with Gasteiger partial charge in [0.15, 0.2) is 0 Å². The van der Waals surface area contributed by atoms with Gasteiger partial charge in [-0.05, 0) is 13.0 Å². The molecule has 0 spiro atoms. The van der Waals surface area contributed by atoms with Crippen molar-refractivity contribution in [2.24, 2.45) is 7.05 Å². The Morgan fingerprint density at radius 3 is 2.72 bits per heavy atom. The van der Waals surface area contributed by atoms with E-state index in [1.165, 1.54) is 6.92 Å². The van der Waals surface area contributed by atoms with Crippen LogP contribution in [0.3, 0.4) is 0 Å². The van der Waals surface area contributed by atoms with Crippen LogP contribution in [0.25, 0.3) is 0 Å². The van der Waals surface area contributed by atoms with E-state index in [0.717, 1.165) is 0 Å². The number of hydrogen-bond acceptors (Lipinski definition) is 4. The molecule has 2 N–H and O–H groups in total. The molecule has 0 aliphatic heterocycles. The topological polar surface area (TPSA) is 72.4 Å². The molecule has 0 aliphatic rings. The van der Waals surface area contributed by atoms with E-state index in [2.05, 4.69) is 10.6 Å². The number of carbonyl (C=O) groups excluding carboxylic acids is 2. The molecule has 1 rings (SSSR count). The predicted molar refractivity (Wildman–Crippen MR) is 71.6 cm³/mol. The Morgan fingerprint density at radius 2 is 2.17 bits per heavy atom. The summed E-state index contributed by atoms with van der Waals surface area (Å²) < 4.78 is 6.45. The largest absolute Gasteiger partial charge is 0.450 e. The van der Waals surface area contributed by atoms with Crippen molar-refractivity contribution >= 4 is 34.9 Å². The number of anilines is 1. The maximum absolute atomic E-state index is 11.3. The summed E-state index contributed by atoms with van der Waals surface area (Å²) in [4.78, 5) is 22.5. The van der Waals surface area contributed by atoms with Crippen molar-refractivity contribution < 1.29 is 14.3 Å². The number of carbonyl (C=O) groups is 2. The Kier molecular flexibility index (Phi) is 4.85.